The van der Waals surface area contributed by atoms with Crippen molar-refractivity contribution in [3.63, 3.8) is 0 Å². The van der Waals surface area contributed by atoms with Crippen LogP contribution in [0.4, 0.5) is 11.5 Å². The first-order valence-corrected chi connectivity index (χ1v) is 14.7. The molecule has 0 radical (unpaired) electrons. The maximum absolute atomic E-state index is 11.9. The lowest BCUT2D eigenvalue weighted by atomic mass is 9.73. The number of methoxy groups -OCH3 is 1. The van der Waals surface area contributed by atoms with Crippen molar-refractivity contribution >= 4 is 32.4 Å². The molecule has 0 bridgehead atoms. The molecule has 38 heavy (non-hydrogen) atoms. The lowest BCUT2D eigenvalue weighted by Crippen LogP contribution is -2.61. The van der Waals surface area contributed by atoms with Crippen LogP contribution in [0.25, 0.3) is 10.9 Å². The highest BCUT2D eigenvalue weighted by atomic mass is 32.2. The quantitative estimate of drug-likeness (QED) is 0.502. The van der Waals surface area contributed by atoms with Crippen LogP contribution in [0.5, 0.6) is 5.75 Å². The second-order valence-corrected chi connectivity index (χ2v) is 12.7. The molecule has 5 rings (SSSR count). The standard InChI is InChI=1S/C28H34N6O3S/c1-18-21(15-29)7-6-8-22(18)19(2)30-27-23-13-25(26(37-4)14-24(23)31-20(3)32-27)33-11-9-28(10-12-33)16-34(17-28)38(5,35)36/h6-8,13-14,19H,9-12,16-17H2,1-5H3,(H,30,31,32)/t19-/m1/s1. The molecule has 0 aliphatic carbocycles. The molecule has 2 saturated heterocycles. The molecule has 1 atom stereocenters. The predicted molar refractivity (Wildman–Crippen MR) is 149 cm³/mol. The Kier molecular flexibility index (Phi) is 6.70. The number of fused-ring (bicyclic) bond motifs is 1. The molecule has 0 amide bonds. The van der Waals surface area contributed by atoms with Crippen LogP contribution < -0.4 is 15.0 Å². The highest BCUT2D eigenvalue weighted by Crippen LogP contribution is 2.44. The average Bonchev–Trinajstić information content (AvgIpc) is 2.86. The van der Waals surface area contributed by atoms with Gasteiger partial charge in [-0.2, -0.15) is 5.26 Å². The Morgan fingerprint density at radius 3 is 2.50 bits per heavy atom. The lowest BCUT2D eigenvalue weighted by Gasteiger charge is -2.53. The van der Waals surface area contributed by atoms with Crippen LogP contribution in [-0.2, 0) is 10.0 Å². The number of hydrogen-bond acceptors (Lipinski definition) is 8. The predicted octanol–water partition coefficient (Wildman–Crippen LogP) is 4.16. The third kappa shape index (κ3) is 4.76. The summed E-state index contributed by atoms with van der Waals surface area (Å²) in [5, 5.41) is 13.9. The van der Waals surface area contributed by atoms with Gasteiger partial charge in [-0.15, -0.1) is 0 Å². The second kappa shape index (κ2) is 9.71. The Morgan fingerprint density at radius 2 is 1.87 bits per heavy atom. The zero-order valence-corrected chi connectivity index (χ0v) is 23.4. The number of sulfonamides is 1. The summed E-state index contributed by atoms with van der Waals surface area (Å²) < 4.78 is 31.1. The van der Waals surface area contributed by atoms with Crippen LogP contribution >= 0.6 is 0 Å². The fraction of sp³-hybridized carbons (Fsp3) is 0.464. The number of anilines is 2. The van der Waals surface area contributed by atoms with Gasteiger partial charge >= 0.3 is 0 Å². The molecule has 10 heteroatoms. The summed E-state index contributed by atoms with van der Waals surface area (Å²) in [5.41, 5.74) is 4.53. The molecule has 3 aromatic rings. The molecule has 2 aromatic carbocycles. The van der Waals surface area contributed by atoms with E-state index < -0.39 is 10.0 Å². The zero-order valence-electron chi connectivity index (χ0n) is 22.6. The minimum absolute atomic E-state index is 0.0713. The fourth-order valence-electron chi connectivity index (χ4n) is 5.78. The molecule has 1 N–H and O–H groups in total. The van der Waals surface area contributed by atoms with Crippen LogP contribution in [0.15, 0.2) is 30.3 Å². The van der Waals surface area contributed by atoms with E-state index in [-0.39, 0.29) is 11.5 Å². The van der Waals surface area contributed by atoms with E-state index in [9.17, 15) is 13.7 Å². The maximum atomic E-state index is 11.9. The van der Waals surface area contributed by atoms with Crippen molar-refractivity contribution in [2.24, 2.45) is 5.41 Å². The molecule has 200 valence electrons. The van der Waals surface area contributed by atoms with Crippen LogP contribution in [0, 0.1) is 30.6 Å². The molecule has 3 heterocycles. The minimum Gasteiger partial charge on any atom is -0.495 e. The number of ether oxygens (including phenoxy) is 1. The summed E-state index contributed by atoms with van der Waals surface area (Å²) in [6.45, 7) is 8.79. The van der Waals surface area contributed by atoms with Crippen LogP contribution in [0.3, 0.4) is 0 Å². The topological polar surface area (TPSA) is 111 Å². The number of nitrogens with one attached hydrogen (secondary N) is 1. The Labute approximate surface area is 224 Å². The van der Waals surface area contributed by atoms with Gasteiger partial charge in [-0.25, -0.2) is 22.7 Å². The van der Waals surface area contributed by atoms with Crippen molar-refractivity contribution in [3.8, 4) is 11.8 Å². The molecular formula is C28H34N6O3S. The minimum atomic E-state index is -3.12. The second-order valence-electron chi connectivity index (χ2n) is 10.7. The third-order valence-electron chi connectivity index (χ3n) is 8.08. The van der Waals surface area contributed by atoms with E-state index in [0.29, 0.717) is 24.5 Å². The van der Waals surface area contributed by atoms with Crippen molar-refractivity contribution < 1.29 is 13.2 Å². The first-order chi connectivity index (χ1) is 18.0. The molecular weight excluding hydrogens is 500 g/mol. The average molecular weight is 535 g/mol. The normalized spacial score (nSPS) is 18.2. The highest BCUT2D eigenvalue weighted by Gasteiger charge is 2.48. The summed E-state index contributed by atoms with van der Waals surface area (Å²) >= 11 is 0. The van der Waals surface area contributed by atoms with Gasteiger partial charge in [0.25, 0.3) is 0 Å². The summed E-state index contributed by atoms with van der Waals surface area (Å²) in [7, 11) is -1.45. The van der Waals surface area contributed by atoms with E-state index in [1.54, 1.807) is 11.4 Å². The van der Waals surface area contributed by atoms with Crippen molar-refractivity contribution in [3.05, 3.63) is 52.8 Å². The fourth-order valence-corrected chi connectivity index (χ4v) is 6.80. The third-order valence-corrected chi connectivity index (χ3v) is 9.28. The van der Waals surface area contributed by atoms with Gasteiger partial charge in [0, 0.05) is 43.0 Å². The molecule has 0 unspecified atom stereocenters. The van der Waals surface area contributed by atoms with E-state index in [1.807, 2.05) is 38.1 Å². The van der Waals surface area contributed by atoms with Gasteiger partial charge in [-0.3, -0.25) is 0 Å². The van der Waals surface area contributed by atoms with Crippen LogP contribution in [-0.4, -0.2) is 62.2 Å². The number of piperidine rings is 1. The Hall–Kier alpha value is -3.42. The van der Waals surface area contributed by atoms with E-state index in [2.05, 4.69) is 34.3 Å². The number of hydrogen-bond donors (Lipinski definition) is 1. The largest absolute Gasteiger partial charge is 0.495 e. The molecule has 9 nitrogen and oxygen atoms in total. The van der Waals surface area contributed by atoms with Crippen molar-refractivity contribution in [2.45, 2.75) is 39.7 Å². The monoisotopic (exact) mass is 534 g/mol. The summed E-state index contributed by atoms with van der Waals surface area (Å²) in [6, 6.07) is 12.0. The summed E-state index contributed by atoms with van der Waals surface area (Å²) in [5.74, 6) is 2.15. The van der Waals surface area contributed by atoms with E-state index in [0.717, 1.165) is 65.2 Å². The number of benzene rings is 2. The smallest absolute Gasteiger partial charge is 0.211 e. The highest BCUT2D eigenvalue weighted by molar-refractivity contribution is 7.88. The van der Waals surface area contributed by atoms with E-state index in [1.165, 1.54) is 6.26 Å². The van der Waals surface area contributed by atoms with Gasteiger partial charge in [-0.1, -0.05) is 12.1 Å². The van der Waals surface area contributed by atoms with Gasteiger partial charge in [-0.05, 0) is 56.9 Å². The van der Waals surface area contributed by atoms with Crippen molar-refractivity contribution in [1.29, 1.82) is 5.26 Å². The van der Waals surface area contributed by atoms with Crippen LogP contribution in [0.1, 0.15) is 48.3 Å². The van der Waals surface area contributed by atoms with Gasteiger partial charge in [0.1, 0.15) is 17.4 Å². The van der Waals surface area contributed by atoms with Crippen LogP contribution in [0.2, 0.25) is 0 Å². The van der Waals surface area contributed by atoms with Gasteiger partial charge in [0.05, 0.1) is 42.2 Å². The summed E-state index contributed by atoms with van der Waals surface area (Å²) in [4.78, 5) is 11.7. The lowest BCUT2D eigenvalue weighted by molar-refractivity contribution is 0.0442. The van der Waals surface area contributed by atoms with E-state index in [4.69, 9.17) is 9.72 Å². The molecule has 2 fully saturated rings. The van der Waals surface area contributed by atoms with Gasteiger partial charge < -0.3 is 15.0 Å². The Morgan fingerprint density at radius 1 is 1.16 bits per heavy atom. The molecule has 1 spiro atoms. The van der Waals surface area contributed by atoms with Gasteiger partial charge in [0.2, 0.25) is 10.0 Å². The Balaban J connectivity index is 1.44. The SMILES string of the molecule is COc1cc2nc(C)nc(N[C@H](C)c3cccc(C#N)c3C)c2cc1N1CCC2(CC1)CN(S(C)(=O)=O)C2. The van der Waals surface area contributed by atoms with Crippen molar-refractivity contribution in [2.75, 3.05) is 49.8 Å². The number of rotatable bonds is 6. The zero-order chi connectivity index (χ0) is 27.2. The maximum Gasteiger partial charge on any atom is 0.211 e. The number of nitrogens with zero attached hydrogens (tertiary/aromatic N) is 5. The van der Waals surface area contributed by atoms with Gasteiger partial charge in [0.15, 0.2) is 0 Å². The first kappa shape index (κ1) is 26.2. The molecule has 1 aromatic heterocycles. The number of aromatic nitrogens is 2. The molecule has 0 saturated carbocycles. The molecule has 2 aliphatic heterocycles. The number of nitriles is 1. The number of aryl methyl sites for hydroxylation is 1. The van der Waals surface area contributed by atoms with E-state index >= 15 is 0 Å². The summed E-state index contributed by atoms with van der Waals surface area (Å²) in [6.07, 6.45) is 3.15. The molecule has 2 aliphatic rings. The van der Waals surface area contributed by atoms with Crippen molar-refractivity contribution in [1.82, 2.24) is 14.3 Å². The Bertz CT molecular complexity index is 1530. The first-order valence-electron chi connectivity index (χ1n) is 12.9.